The summed E-state index contributed by atoms with van der Waals surface area (Å²) in [5.41, 5.74) is 1.59. The van der Waals surface area contributed by atoms with Crippen LogP contribution in [0.3, 0.4) is 0 Å². The lowest BCUT2D eigenvalue weighted by Gasteiger charge is -2.30. The van der Waals surface area contributed by atoms with Crippen molar-refractivity contribution in [3.63, 3.8) is 0 Å². The van der Waals surface area contributed by atoms with Crippen LogP contribution in [0.25, 0.3) is 0 Å². The van der Waals surface area contributed by atoms with Gasteiger partial charge in [-0.3, -0.25) is 0 Å². The molecule has 0 N–H and O–H groups in total. The van der Waals surface area contributed by atoms with E-state index in [2.05, 4.69) is 33.8 Å². The molecule has 58 valence electrons. The first kappa shape index (κ1) is 7.84. The molecule has 1 aliphatic carbocycles. The normalized spacial score (nSPS) is 41.2. The van der Waals surface area contributed by atoms with E-state index in [0.29, 0.717) is 0 Å². The fourth-order valence-corrected chi connectivity index (χ4v) is 1.68. The Morgan fingerprint density at radius 1 is 1.30 bits per heavy atom. The van der Waals surface area contributed by atoms with Crippen LogP contribution in [-0.4, -0.2) is 0 Å². The van der Waals surface area contributed by atoms with Gasteiger partial charge in [-0.25, -0.2) is 0 Å². The van der Waals surface area contributed by atoms with Gasteiger partial charge in [-0.1, -0.05) is 32.4 Å². The molecule has 0 bridgehead atoms. The predicted octanol–water partition coefficient (Wildman–Crippen LogP) is 3.24. The minimum Gasteiger partial charge on any atom is -0.0851 e. The molecule has 0 saturated heterocycles. The number of hydrogen-bond acceptors (Lipinski definition) is 0. The summed E-state index contributed by atoms with van der Waals surface area (Å²) in [5.74, 6) is 2.58. The van der Waals surface area contributed by atoms with E-state index in [1.165, 1.54) is 6.42 Å². The van der Waals surface area contributed by atoms with Crippen molar-refractivity contribution < 1.29 is 0 Å². The molecule has 10 heavy (non-hydrogen) atoms. The highest BCUT2D eigenvalue weighted by molar-refractivity contribution is 5.08. The van der Waals surface area contributed by atoms with Crippen LogP contribution < -0.4 is 0 Å². The third-order valence-corrected chi connectivity index (χ3v) is 3.22. The highest BCUT2D eigenvalue weighted by Crippen LogP contribution is 2.33. The zero-order chi connectivity index (χ0) is 7.72. The van der Waals surface area contributed by atoms with Crippen molar-refractivity contribution in [1.29, 1.82) is 0 Å². The van der Waals surface area contributed by atoms with E-state index in [1.807, 2.05) is 0 Å². The maximum atomic E-state index is 2.40. The van der Waals surface area contributed by atoms with Crippen LogP contribution in [0.15, 0.2) is 11.6 Å². The van der Waals surface area contributed by atoms with E-state index in [-0.39, 0.29) is 0 Å². The molecule has 1 aliphatic rings. The van der Waals surface area contributed by atoms with Gasteiger partial charge < -0.3 is 0 Å². The van der Waals surface area contributed by atoms with Gasteiger partial charge in [0.1, 0.15) is 0 Å². The standard InChI is InChI=1S/C10H18/c1-7-5-6-8(2)10(4)9(7)3/h5,8-10H,6H2,1-4H3. The predicted molar refractivity (Wildman–Crippen MR) is 45.9 cm³/mol. The minimum atomic E-state index is 0.809. The summed E-state index contributed by atoms with van der Waals surface area (Å²) >= 11 is 0. The Balaban J connectivity index is 2.71. The van der Waals surface area contributed by atoms with Crippen LogP contribution >= 0.6 is 0 Å². The van der Waals surface area contributed by atoms with Gasteiger partial charge in [0.25, 0.3) is 0 Å². The van der Waals surface area contributed by atoms with Gasteiger partial charge in [-0.2, -0.15) is 0 Å². The monoisotopic (exact) mass is 138 g/mol. The number of rotatable bonds is 0. The largest absolute Gasteiger partial charge is 0.0851 e. The van der Waals surface area contributed by atoms with Crippen LogP contribution in [0.1, 0.15) is 34.1 Å². The average molecular weight is 138 g/mol. The molecule has 0 nitrogen and oxygen atoms in total. The highest BCUT2D eigenvalue weighted by Gasteiger charge is 2.22. The van der Waals surface area contributed by atoms with Crippen LogP contribution in [-0.2, 0) is 0 Å². The summed E-state index contributed by atoms with van der Waals surface area (Å²) in [4.78, 5) is 0. The summed E-state index contributed by atoms with van der Waals surface area (Å²) < 4.78 is 0. The average Bonchev–Trinajstić information content (AvgIpc) is 1.93. The van der Waals surface area contributed by atoms with Crippen molar-refractivity contribution in [2.45, 2.75) is 34.1 Å². The Labute approximate surface area is 64.3 Å². The van der Waals surface area contributed by atoms with Crippen molar-refractivity contribution in [1.82, 2.24) is 0 Å². The Morgan fingerprint density at radius 2 is 1.90 bits per heavy atom. The number of allylic oxidation sites excluding steroid dienone is 2. The Morgan fingerprint density at radius 3 is 2.40 bits per heavy atom. The molecule has 0 radical (unpaired) electrons. The summed E-state index contributed by atoms with van der Waals surface area (Å²) in [6.07, 6.45) is 3.69. The quantitative estimate of drug-likeness (QED) is 0.451. The summed E-state index contributed by atoms with van der Waals surface area (Å²) in [7, 11) is 0. The van der Waals surface area contributed by atoms with E-state index in [4.69, 9.17) is 0 Å². The zero-order valence-corrected chi connectivity index (χ0v) is 7.52. The fraction of sp³-hybridized carbons (Fsp3) is 0.800. The molecule has 0 amide bonds. The Kier molecular flexibility index (Phi) is 2.18. The molecule has 0 heterocycles. The first-order valence-electron chi connectivity index (χ1n) is 4.29. The molecule has 3 unspecified atom stereocenters. The summed E-state index contributed by atoms with van der Waals surface area (Å²) in [6.45, 7) is 9.31. The third-order valence-electron chi connectivity index (χ3n) is 3.22. The lowest BCUT2D eigenvalue weighted by atomic mass is 9.75. The molecular weight excluding hydrogens is 120 g/mol. The minimum absolute atomic E-state index is 0.809. The van der Waals surface area contributed by atoms with Crippen molar-refractivity contribution in [3.8, 4) is 0 Å². The van der Waals surface area contributed by atoms with Gasteiger partial charge >= 0.3 is 0 Å². The maximum absolute atomic E-state index is 2.40. The second-order valence-corrected chi connectivity index (χ2v) is 3.81. The SMILES string of the molecule is CC1=CCC(C)C(C)C1C. The number of hydrogen-bond donors (Lipinski definition) is 0. The van der Waals surface area contributed by atoms with E-state index in [9.17, 15) is 0 Å². The van der Waals surface area contributed by atoms with Crippen LogP contribution in [0.5, 0.6) is 0 Å². The Bertz CT molecular complexity index is 144. The lowest BCUT2D eigenvalue weighted by Crippen LogP contribution is -2.21. The van der Waals surface area contributed by atoms with E-state index in [0.717, 1.165) is 17.8 Å². The fourth-order valence-electron chi connectivity index (χ4n) is 1.68. The van der Waals surface area contributed by atoms with Crippen LogP contribution in [0, 0.1) is 17.8 Å². The molecule has 0 aromatic heterocycles. The van der Waals surface area contributed by atoms with Gasteiger partial charge in [-0.05, 0) is 31.1 Å². The van der Waals surface area contributed by atoms with Crippen molar-refractivity contribution >= 4 is 0 Å². The smallest absolute Gasteiger partial charge is 0.0206 e. The Hall–Kier alpha value is -0.260. The molecular formula is C10H18. The molecule has 0 spiro atoms. The van der Waals surface area contributed by atoms with Crippen molar-refractivity contribution in [2.24, 2.45) is 17.8 Å². The molecule has 1 rings (SSSR count). The molecule has 0 aliphatic heterocycles. The van der Waals surface area contributed by atoms with E-state index in [1.54, 1.807) is 5.57 Å². The third kappa shape index (κ3) is 1.25. The first-order chi connectivity index (χ1) is 4.63. The van der Waals surface area contributed by atoms with Gasteiger partial charge in [0.2, 0.25) is 0 Å². The molecule has 0 fully saturated rings. The summed E-state index contributed by atoms with van der Waals surface area (Å²) in [5, 5.41) is 0. The highest BCUT2D eigenvalue weighted by atomic mass is 14.3. The van der Waals surface area contributed by atoms with Gasteiger partial charge in [-0.15, -0.1) is 0 Å². The lowest BCUT2D eigenvalue weighted by molar-refractivity contribution is 0.292. The molecule has 0 aromatic carbocycles. The second kappa shape index (κ2) is 2.77. The summed E-state index contributed by atoms with van der Waals surface area (Å²) in [6, 6.07) is 0. The van der Waals surface area contributed by atoms with Crippen molar-refractivity contribution in [2.75, 3.05) is 0 Å². The van der Waals surface area contributed by atoms with Gasteiger partial charge in [0, 0.05) is 0 Å². The molecule has 0 heteroatoms. The van der Waals surface area contributed by atoms with Crippen LogP contribution in [0.2, 0.25) is 0 Å². The molecule has 3 atom stereocenters. The molecule has 0 aromatic rings. The zero-order valence-electron chi connectivity index (χ0n) is 7.52. The van der Waals surface area contributed by atoms with Gasteiger partial charge in [0.05, 0.1) is 0 Å². The second-order valence-electron chi connectivity index (χ2n) is 3.81. The maximum Gasteiger partial charge on any atom is -0.0206 e. The first-order valence-corrected chi connectivity index (χ1v) is 4.29. The molecule has 0 saturated carbocycles. The van der Waals surface area contributed by atoms with Crippen LogP contribution in [0.4, 0.5) is 0 Å². The van der Waals surface area contributed by atoms with E-state index >= 15 is 0 Å². The van der Waals surface area contributed by atoms with Gasteiger partial charge in [0.15, 0.2) is 0 Å². The van der Waals surface area contributed by atoms with Crippen molar-refractivity contribution in [3.05, 3.63) is 11.6 Å². The topological polar surface area (TPSA) is 0 Å². The van der Waals surface area contributed by atoms with E-state index < -0.39 is 0 Å².